The molecule has 1 N–H and O–H groups in total. The van der Waals surface area contributed by atoms with Crippen molar-refractivity contribution in [1.29, 1.82) is 0 Å². The van der Waals surface area contributed by atoms with Crippen LogP contribution in [0.2, 0.25) is 0 Å². The number of allylic oxidation sites excluding steroid dienone is 1. The van der Waals surface area contributed by atoms with E-state index < -0.39 is 0 Å². The third-order valence-corrected chi connectivity index (χ3v) is 7.93. The monoisotopic (exact) mass is 469 g/mol. The van der Waals surface area contributed by atoms with Crippen molar-refractivity contribution in [3.63, 3.8) is 0 Å². The number of rotatable bonds is 4. The molecule has 3 aromatic rings. The second-order valence-corrected chi connectivity index (χ2v) is 10.9. The Hall–Kier alpha value is -3.05. The van der Waals surface area contributed by atoms with Crippen molar-refractivity contribution in [3.8, 4) is 11.4 Å². The summed E-state index contributed by atoms with van der Waals surface area (Å²) in [4.78, 5) is 0. The second-order valence-electron chi connectivity index (χ2n) is 10.9. The Labute approximate surface area is 209 Å². The lowest BCUT2D eigenvalue weighted by Gasteiger charge is -2.30. The first kappa shape index (κ1) is 23.7. The summed E-state index contributed by atoms with van der Waals surface area (Å²) in [5.74, 6) is 0. The van der Waals surface area contributed by atoms with Crippen molar-refractivity contribution in [2.75, 3.05) is 13.2 Å². The van der Waals surface area contributed by atoms with Crippen molar-refractivity contribution in [3.05, 3.63) is 77.7 Å². The van der Waals surface area contributed by atoms with E-state index in [1.165, 1.54) is 28.2 Å². The summed E-state index contributed by atoms with van der Waals surface area (Å²) < 4.78 is 6.90. The van der Waals surface area contributed by atoms with Gasteiger partial charge in [0.25, 0.3) is 5.70 Å². The number of nitrogens with zero attached hydrogens (tertiary/aromatic N) is 4. The smallest absolute Gasteiger partial charge is 0.261 e. The lowest BCUT2D eigenvalue weighted by Crippen LogP contribution is -2.46. The zero-order valence-corrected chi connectivity index (χ0v) is 22.1. The van der Waals surface area contributed by atoms with Crippen LogP contribution in [0.4, 0.5) is 0 Å². The fraction of sp³-hybridized carbons (Fsp3) is 0.433. The molecule has 4 heterocycles. The third kappa shape index (κ3) is 3.86. The summed E-state index contributed by atoms with van der Waals surface area (Å²) in [5, 5.41) is 8.49. The van der Waals surface area contributed by atoms with Crippen LogP contribution in [0.1, 0.15) is 70.7 Å². The Morgan fingerprint density at radius 1 is 1.06 bits per heavy atom. The van der Waals surface area contributed by atoms with E-state index in [0.717, 1.165) is 43.9 Å². The van der Waals surface area contributed by atoms with Gasteiger partial charge in [0.15, 0.2) is 11.9 Å². The maximum atomic E-state index is 4.90. The van der Waals surface area contributed by atoms with Crippen LogP contribution < -0.4 is 9.88 Å². The van der Waals surface area contributed by atoms with E-state index in [0.29, 0.717) is 0 Å². The van der Waals surface area contributed by atoms with E-state index in [9.17, 15) is 0 Å². The van der Waals surface area contributed by atoms with Crippen LogP contribution in [0.15, 0.2) is 60.9 Å². The lowest BCUT2D eigenvalue weighted by molar-refractivity contribution is -0.584. The van der Waals surface area contributed by atoms with Gasteiger partial charge >= 0.3 is 0 Å². The molecule has 5 heteroatoms. The Morgan fingerprint density at radius 3 is 2.51 bits per heavy atom. The fourth-order valence-electron chi connectivity index (χ4n) is 5.84. The van der Waals surface area contributed by atoms with Crippen molar-refractivity contribution >= 4 is 11.4 Å². The molecule has 0 saturated heterocycles. The van der Waals surface area contributed by atoms with Crippen molar-refractivity contribution in [2.45, 2.75) is 64.7 Å². The average molecular weight is 470 g/mol. The topological polar surface area (TPSA) is 36.7 Å². The molecule has 1 aromatic carbocycles. The van der Waals surface area contributed by atoms with Gasteiger partial charge in [-0.1, -0.05) is 52.8 Å². The number of fused-ring (bicyclic) bond motifs is 2. The Balaban J connectivity index is 1.80. The molecule has 0 amide bonds. The molecule has 5 nitrogen and oxygen atoms in total. The largest absolute Gasteiger partial charge is 0.262 e. The van der Waals surface area contributed by atoms with Gasteiger partial charge in [0.05, 0.1) is 11.1 Å². The Morgan fingerprint density at radius 2 is 1.80 bits per heavy atom. The van der Waals surface area contributed by atoms with Crippen LogP contribution in [0, 0.1) is 0 Å². The average Bonchev–Trinajstić information content (AvgIpc) is 3.21. The molecule has 2 aliphatic rings. The first-order valence-electron chi connectivity index (χ1n) is 13.0. The predicted molar refractivity (Wildman–Crippen MR) is 142 cm³/mol. The molecule has 0 unspecified atom stereocenters. The number of aromatic nitrogens is 3. The molecule has 0 radical (unpaired) electrons. The molecule has 0 atom stereocenters. The molecule has 182 valence electrons. The first-order valence-corrected chi connectivity index (χ1v) is 13.0. The minimum Gasteiger partial charge on any atom is -0.262 e. The molecule has 35 heavy (non-hydrogen) atoms. The van der Waals surface area contributed by atoms with Crippen LogP contribution in [0.25, 0.3) is 17.1 Å². The molecule has 0 aliphatic carbocycles. The van der Waals surface area contributed by atoms with Gasteiger partial charge in [0.2, 0.25) is 18.6 Å². The van der Waals surface area contributed by atoms with Gasteiger partial charge in [-0.3, -0.25) is 10.00 Å². The van der Waals surface area contributed by atoms with Crippen molar-refractivity contribution in [2.24, 2.45) is 7.05 Å². The highest BCUT2D eigenvalue weighted by molar-refractivity contribution is 6.00. The van der Waals surface area contributed by atoms with Gasteiger partial charge in [0, 0.05) is 43.1 Å². The summed E-state index contributed by atoms with van der Waals surface area (Å²) >= 11 is 0. The number of nitrogens with one attached hydrogen (secondary N) is 1. The number of aryl methyl sites for hydroxylation is 1. The maximum absolute atomic E-state index is 4.90. The van der Waals surface area contributed by atoms with Crippen LogP contribution in [0.3, 0.4) is 0 Å². The van der Waals surface area contributed by atoms with Crippen molar-refractivity contribution in [1.82, 2.24) is 15.1 Å². The maximum Gasteiger partial charge on any atom is 0.261 e. The van der Waals surface area contributed by atoms with Gasteiger partial charge in [-0.25, -0.2) is 0 Å². The SMILES string of the molecule is CCC1(CC)C([n+]2ccccc2-c2cc(C(C)(C)C)nn2C)=C[N+]2=C(CCNC2)c2ccccc21. The van der Waals surface area contributed by atoms with Crippen molar-refractivity contribution < 1.29 is 9.14 Å². The lowest BCUT2D eigenvalue weighted by atomic mass is 9.71. The molecule has 5 rings (SSSR count). The van der Waals surface area contributed by atoms with E-state index in [1.807, 2.05) is 4.68 Å². The zero-order valence-electron chi connectivity index (χ0n) is 22.1. The van der Waals surface area contributed by atoms with Gasteiger partial charge < -0.3 is 0 Å². The van der Waals surface area contributed by atoms with Gasteiger partial charge in [-0.2, -0.15) is 14.2 Å². The first-order chi connectivity index (χ1) is 16.8. The standard InChI is InChI=1S/C30H39N5/c1-7-30(8-2)23-14-10-9-13-22(23)24-16-17-31-21-34(24)20-28(30)35-18-12-11-15-25(35)26-19-27(29(3,4)5)32-33(26)6/h9-15,18-20,31H,7-8,16-17,21H2,1-6H3/q+2. The molecular formula is C30H39N5+2. The van der Waals surface area contributed by atoms with Crippen LogP contribution in [-0.4, -0.2) is 33.3 Å². The van der Waals surface area contributed by atoms with Crippen LogP contribution in [0.5, 0.6) is 0 Å². The van der Waals surface area contributed by atoms with Crippen LogP contribution in [-0.2, 0) is 17.9 Å². The van der Waals surface area contributed by atoms with Gasteiger partial charge in [0.1, 0.15) is 5.69 Å². The van der Waals surface area contributed by atoms with E-state index in [-0.39, 0.29) is 10.8 Å². The van der Waals surface area contributed by atoms with Crippen LogP contribution >= 0.6 is 0 Å². The molecule has 0 fully saturated rings. The van der Waals surface area contributed by atoms with E-state index in [2.05, 4.69) is 117 Å². The predicted octanol–water partition coefficient (Wildman–Crippen LogP) is 4.99. The molecule has 0 spiro atoms. The minimum absolute atomic E-state index is 0.00389. The Bertz CT molecular complexity index is 1310. The normalized spacial score (nSPS) is 17.5. The highest BCUT2D eigenvalue weighted by Crippen LogP contribution is 2.43. The summed E-state index contributed by atoms with van der Waals surface area (Å²) in [6.07, 6.45) is 7.74. The molecule has 2 aromatic heterocycles. The fourth-order valence-corrected chi connectivity index (χ4v) is 5.84. The highest BCUT2D eigenvalue weighted by atomic mass is 15.3. The Kier molecular flexibility index (Phi) is 6.00. The number of pyridine rings is 1. The zero-order chi connectivity index (χ0) is 24.8. The second kappa shape index (κ2) is 8.87. The van der Waals surface area contributed by atoms with E-state index in [4.69, 9.17) is 5.10 Å². The number of hydrogen-bond donors (Lipinski definition) is 1. The third-order valence-electron chi connectivity index (χ3n) is 7.93. The molecule has 0 saturated carbocycles. The number of benzene rings is 1. The highest BCUT2D eigenvalue weighted by Gasteiger charge is 2.47. The van der Waals surface area contributed by atoms with E-state index in [1.54, 1.807) is 0 Å². The molecule has 2 aliphatic heterocycles. The molecule has 0 bridgehead atoms. The summed E-state index contributed by atoms with van der Waals surface area (Å²) in [5.41, 5.74) is 8.90. The number of hydrogen-bond acceptors (Lipinski definition) is 2. The van der Waals surface area contributed by atoms with Gasteiger partial charge in [-0.15, -0.1) is 0 Å². The summed E-state index contributed by atoms with van der Waals surface area (Å²) in [7, 11) is 2.06. The summed E-state index contributed by atoms with van der Waals surface area (Å²) in [6, 6.07) is 17.9. The van der Waals surface area contributed by atoms with E-state index >= 15 is 0 Å². The minimum atomic E-state index is -0.104. The quantitative estimate of drug-likeness (QED) is 0.546. The molecular weight excluding hydrogens is 430 g/mol. The summed E-state index contributed by atoms with van der Waals surface area (Å²) in [6.45, 7) is 13.2. The van der Waals surface area contributed by atoms with Gasteiger partial charge in [-0.05, 0) is 36.6 Å².